The summed E-state index contributed by atoms with van der Waals surface area (Å²) in [6.45, 7) is 5.57. The second-order valence-corrected chi connectivity index (χ2v) is 7.93. The van der Waals surface area contributed by atoms with E-state index in [1.54, 1.807) is 15.9 Å². The van der Waals surface area contributed by atoms with Gasteiger partial charge in [0.25, 0.3) is 0 Å². The van der Waals surface area contributed by atoms with Gasteiger partial charge in [-0.3, -0.25) is 9.59 Å². The molecule has 1 aliphatic rings. The summed E-state index contributed by atoms with van der Waals surface area (Å²) in [6.07, 6.45) is 2.00. The number of carbonyl (C=O) groups is 2. The molecule has 2 amide bonds. The van der Waals surface area contributed by atoms with Gasteiger partial charge in [0, 0.05) is 24.3 Å². The molecule has 0 spiro atoms. The number of rotatable bonds is 7. The van der Waals surface area contributed by atoms with Crippen LogP contribution in [0, 0.1) is 0 Å². The Kier molecular flexibility index (Phi) is 6.53. The lowest BCUT2D eigenvalue weighted by Crippen LogP contribution is -2.39. The summed E-state index contributed by atoms with van der Waals surface area (Å²) in [4.78, 5) is 29.7. The maximum absolute atomic E-state index is 12.7. The Hall–Kier alpha value is -2.31. The van der Waals surface area contributed by atoms with Crippen molar-refractivity contribution in [1.82, 2.24) is 4.90 Å². The first kappa shape index (κ1) is 19.5. The van der Waals surface area contributed by atoms with Gasteiger partial charge in [0.15, 0.2) is 0 Å². The molecule has 1 aromatic heterocycles. The van der Waals surface area contributed by atoms with Gasteiger partial charge in [-0.2, -0.15) is 0 Å². The van der Waals surface area contributed by atoms with Crippen LogP contribution in [-0.2, 0) is 16.1 Å². The number of para-hydroxylation sites is 2. The number of halogens is 1. The molecule has 5 nitrogen and oxygen atoms in total. The van der Waals surface area contributed by atoms with Crippen LogP contribution in [0.5, 0.6) is 5.75 Å². The molecule has 0 atom stereocenters. The van der Waals surface area contributed by atoms with E-state index in [0.29, 0.717) is 36.3 Å². The highest BCUT2D eigenvalue weighted by atomic mass is 35.5. The van der Waals surface area contributed by atoms with E-state index in [-0.39, 0.29) is 24.7 Å². The Morgan fingerprint density at radius 3 is 2.81 bits per heavy atom. The van der Waals surface area contributed by atoms with Crippen molar-refractivity contribution in [2.24, 2.45) is 0 Å². The first-order chi connectivity index (χ1) is 13.1. The molecule has 0 N–H and O–H groups in total. The van der Waals surface area contributed by atoms with E-state index < -0.39 is 0 Å². The fraction of sp³-hybridized carbons (Fsp3) is 0.300. The van der Waals surface area contributed by atoms with Crippen LogP contribution in [0.15, 0.2) is 49.1 Å². The molecule has 142 valence electrons. The fourth-order valence-corrected chi connectivity index (χ4v) is 4.07. The smallest absolute Gasteiger partial charge is 0.227 e. The van der Waals surface area contributed by atoms with Gasteiger partial charge in [-0.15, -0.1) is 17.9 Å². The molecule has 0 radical (unpaired) electrons. The van der Waals surface area contributed by atoms with Gasteiger partial charge in [0.2, 0.25) is 11.8 Å². The number of nitrogens with zero attached hydrogens (tertiary/aromatic N) is 2. The molecule has 1 aromatic carbocycles. The number of carbonyl (C=O) groups excluding carboxylic acids is 2. The molecule has 3 rings (SSSR count). The number of hydrogen-bond donors (Lipinski definition) is 0. The molecule has 0 unspecified atom stereocenters. The molecule has 27 heavy (non-hydrogen) atoms. The van der Waals surface area contributed by atoms with Crippen molar-refractivity contribution >= 4 is 40.4 Å². The number of benzene rings is 1. The van der Waals surface area contributed by atoms with Crippen LogP contribution in [-0.4, -0.2) is 36.4 Å². The maximum atomic E-state index is 12.7. The minimum Gasteiger partial charge on any atom is -0.490 e. The summed E-state index contributed by atoms with van der Waals surface area (Å²) in [5.41, 5.74) is 0.761. The van der Waals surface area contributed by atoms with Crippen LogP contribution in [0.25, 0.3) is 0 Å². The third-order valence-electron chi connectivity index (χ3n) is 4.26. The number of fused-ring (bicyclic) bond motifs is 1. The van der Waals surface area contributed by atoms with Crippen molar-refractivity contribution in [2.75, 3.05) is 24.6 Å². The predicted molar refractivity (Wildman–Crippen MR) is 108 cm³/mol. The minimum absolute atomic E-state index is 0.0724. The van der Waals surface area contributed by atoms with Crippen LogP contribution in [0.1, 0.15) is 17.7 Å². The zero-order chi connectivity index (χ0) is 19.2. The monoisotopic (exact) mass is 404 g/mol. The van der Waals surface area contributed by atoms with Gasteiger partial charge in [-0.25, -0.2) is 0 Å². The van der Waals surface area contributed by atoms with E-state index in [1.807, 2.05) is 36.4 Å². The van der Waals surface area contributed by atoms with E-state index in [0.717, 1.165) is 10.6 Å². The Bertz CT molecular complexity index is 836. The summed E-state index contributed by atoms with van der Waals surface area (Å²) < 4.78 is 6.27. The summed E-state index contributed by atoms with van der Waals surface area (Å²) in [7, 11) is 0. The van der Waals surface area contributed by atoms with E-state index in [4.69, 9.17) is 16.3 Å². The van der Waals surface area contributed by atoms with Crippen molar-refractivity contribution in [3.8, 4) is 5.75 Å². The van der Waals surface area contributed by atoms with Gasteiger partial charge < -0.3 is 14.5 Å². The number of ether oxygens (including phenoxy) is 1. The average molecular weight is 405 g/mol. The van der Waals surface area contributed by atoms with Crippen molar-refractivity contribution in [3.05, 3.63) is 58.3 Å². The number of amides is 2. The van der Waals surface area contributed by atoms with Gasteiger partial charge >= 0.3 is 0 Å². The Labute approximate surface area is 167 Å². The lowest BCUT2D eigenvalue weighted by molar-refractivity contribution is -0.133. The molecule has 0 saturated heterocycles. The summed E-state index contributed by atoms with van der Waals surface area (Å²) >= 11 is 7.41. The standard InChI is InChI=1S/C20H21ClN2O3S/c1-2-11-22(14-15-7-8-18(21)27-15)19(24)9-10-20(25)23-12-13-26-17-6-4-3-5-16(17)23/h2-8H,1,9-14H2. The highest BCUT2D eigenvalue weighted by molar-refractivity contribution is 7.16. The quantitative estimate of drug-likeness (QED) is 0.652. The topological polar surface area (TPSA) is 49.9 Å². The SMILES string of the molecule is C=CCN(Cc1ccc(Cl)s1)C(=O)CCC(=O)N1CCOc2ccccc21. The first-order valence-electron chi connectivity index (χ1n) is 8.73. The average Bonchev–Trinajstić information content (AvgIpc) is 3.09. The summed E-state index contributed by atoms with van der Waals surface area (Å²) in [6, 6.07) is 11.2. The lowest BCUT2D eigenvalue weighted by atomic mass is 10.2. The largest absolute Gasteiger partial charge is 0.490 e. The van der Waals surface area contributed by atoms with E-state index in [9.17, 15) is 9.59 Å². The molecule has 0 fully saturated rings. The van der Waals surface area contributed by atoms with Crippen molar-refractivity contribution in [2.45, 2.75) is 19.4 Å². The van der Waals surface area contributed by atoms with Crippen LogP contribution in [0.3, 0.4) is 0 Å². The zero-order valence-electron chi connectivity index (χ0n) is 14.9. The predicted octanol–water partition coefficient (Wildman–Crippen LogP) is 4.12. The summed E-state index contributed by atoms with van der Waals surface area (Å²) in [5.74, 6) is 0.553. The molecule has 2 aromatic rings. The minimum atomic E-state index is -0.0747. The fourth-order valence-electron chi connectivity index (χ4n) is 2.97. The van der Waals surface area contributed by atoms with Gasteiger partial charge in [-0.05, 0) is 24.3 Å². The van der Waals surface area contributed by atoms with Gasteiger partial charge in [-0.1, -0.05) is 29.8 Å². The molecule has 2 heterocycles. The zero-order valence-corrected chi connectivity index (χ0v) is 16.5. The first-order valence-corrected chi connectivity index (χ1v) is 9.93. The molecule has 0 aliphatic carbocycles. The normalized spacial score (nSPS) is 12.9. The van der Waals surface area contributed by atoms with Crippen LogP contribution >= 0.6 is 22.9 Å². The lowest BCUT2D eigenvalue weighted by Gasteiger charge is -2.29. The Morgan fingerprint density at radius 2 is 2.07 bits per heavy atom. The van der Waals surface area contributed by atoms with Crippen LogP contribution in [0.4, 0.5) is 5.69 Å². The van der Waals surface area contributed by atoms with Crippen LogP contribution < -0.4 is 9.64 Å². The van der Waals surface area contributed by atoms with Crippen LogP contribution in [0.2, 0.25) is 4.34 Å². The number of anilines is 1. The second kappa shape index (κ2) is 9.06. The maximum Gasteiger partial charge on any atom is 0.227 e. The third-order valence-corrected chi connectivity index (χ3v) is 5.48. The van der Waals surface area contributed by atoms with Crippen molar-refractivity contribution < 1.29 is 14.3 Å². The van der Waals surface area contributed by atoms with E-state index in [2.05, 4.69) is 6.58 Å². The third kappa shape index (κ3) is 4.90. The Morgan fingerprint density at radius 1 is 1.26 bits per heavy atom. The Balaban J connectivity index is 1.60. The van der Waals surface area contributed by atoms with Gasteiger partial charge in [0.05, 0.1) is 23.1 Å². The molecule has 7 heteroatoms. The van der Waals surface area contributed by atoms with Gasteiger partial charge in [0.1, 0.15) is 12.4 Å². The number of hydrogen-bond acceptors (Lipinski definition) is 4. The highest BCUT2D eigenvalue weighted by Gasteiger charge is 2.24. The molecule has 1 aliphatic heterocycles. The highest BCUT2D eigenvalue weighted by Crippen LogP contribution is 2.31. The molecule has 0 saturated carbocycles. The van der Waals surface area contributed by atoms with E-state index >= 15 is 0 Å². The van der Waals surface area contributed by atoms with E-state index in [1.165, 1.54) is 11.3 Å². The number of thiophene rings is 1. The van der Waals surface area contributed by atoms with Crippen molar-refractivity contribution in [1.29, 1.82) is 0 Å². The van der Waals surface area contributed by atoms with Crippen molar-refractivity contribution in [3.63, 3.8) is 0 Å². The second-order valence-electron chi connectivity index (χ2n) is 6.13. The molecule has 0 bridgehead atoms. The molecular weight excluding hydrogens is 384 g/mol. The molecular formula is C20H21ClN2O3S. The summed E-state index contributed by atoms with van der Waals surface area (Å²) in [5, 5.41) is 0.